The van der Waals surface area contributed by atoms with Crippen molar-refractivity contribution in [3.63, 3.8) is 0 Å². The molecule has 8 heteroatoms. The van der Waals surface area contributed by atoms with E-state index < -0.39 is 6.10 Å². The average Bonchev–Trinajstić information content (AvgIpc) is 3.12. The number of furan rings is 1. The molecule has 1 aromatic heterocycles. The van der Waals surface area contributed by atoms with Crippen LogP contribution in [-0.2, 0) is 0 Å². The van der Waals surface area contributed by atoms with E-state index in [4.69, 9.17) is 13.9 Å². The largest absolute Gasteiger partial charge is 0.497 e. The molecule has 156 valence electrons. The topological polar surface area (TPSA) is 88.3 Å². The minimum absolute atomic E-state index is 0. The van der Waals surface area contributed by atoms with E-state index in [1.165, 1.54) is 0 Å². The van der Waals surface area contributed by atoms with Gasteiger partial charge < -0.3 is 29.6 Å². The Bertz CT molecular complexity index is 764. The fourth-order valence-corrected chi connectivity index (χ4v) is 2.66. The Morgan fingerprint density at radius 3 is 2.54 bits per heavy atom. The molecule has 1 heterocycles. The molecule has 2 rings (SSSR count). The normalized spacial score (nSPS) is 13.3. The monoisotopic (exact) mass is 503 g/mol. The van der Waals surface area contributed by atoms with Gasteiger partial charge in [-0.3, -0.25) is 4.99 Å². The standard InChI is InChI=1S/C20H29N3O4.HI/c1-6-21-20(23-14(3)18-9-7-13(2)27-18)22-12-17(24)16-11-15(25-4)8-10-19(16)26-5;/h7-11,14,17,24H,6,12H2,1-5H3,(H2,21,22,23);1H. The van der Waals surface area contributed by atoms with Crippen molar-refractivity contribution in [3.05, 3.63) is 47.4 Å². The number of ether oxygens (including phenoxy) is 2. The predicted octanol–water partition coefficient (Wildman–Crippen LogP) is 3.57. The fraction of sp³-hybridized carbons (Fsp3) is 0.450. The first-order chi connectivity index (χ1) is 13.0. The smallest absolute Gasteiger partial charge is 0.191 e. The van der Waals surface area contributed by atoms with Gasteiger partial charge in [-0.1, -0.05) is 0 Å². The number of halogens is 1. The zero-order chi connectivity index (χ0) is 19.8. The molecule has 3 N–H and O–H groups in total. The van der Waals surface area contributed by atoms with Gasteiger partial charge in [-0.25, -0.2) is 0 Å². The summed E-state index contributed by atoms with van der Waals surface area (Å²) in [5.41, 5.74) is 0.631. The van der Waals surface area contributed by atoms with Crippen molar-refractivity contribution >= 4 is 29.9 Å². The second-order valence-electron chi connectivity index (χ2n) is 6.16. The van der Waals surface area contributed by atoms with Gasteiger partial charge in [-0.15, -0.1) is 24.0 Å². The number of hydrogen-bond donors (Lipinski definition) is 3. The first kappa shape index (κ1) is 24.1. The molecule has 2 atom stereocenters. The van der Waals surface area contributed by atoms with Gasteiger partial charge >= 0.3 is 0 Å². The Morgan fingerprint density at radius 2 is 1.96 bits per heavy atom. The van der Waals surface area contributed by atoms with Gasteiger partial charge in [0.05, 0.1) is 26.8 Å². The molecule has 0 fully saturated rings. The maximum absolute atomic E-state index is 10.6. The predicted molar refractivity (Wildman–Crippen MR) is 121 cm³/mol. The number of rotatable bonds is 8. The molecule has 0 saturated heterocycles. The molecule has 0 bridgehead atoms. The van der Waals surface area contributed by atoms with Crippen LogP contribution in [0.2, 0.25) is 0 Å². The Labute approximate surface area is 183 Å². The molecule has 2 aromatic rings. The summed E-state index contributed by atoms with van der Waals surface area (Å²) >= 11 is 0. The van der Waals surface area contributed by atoms with E-state index in [0.29, 0.717) is 29.6 Å². The van der Waals surface area contributed by atoms with E-state index in [-0.39, 0.29) is 36.6 Å². The van der Waals surface area contributed by atoms with E-state index >= 15 is 0 Å². The lowest BCUT2D eigenvalue weighted by molar-refractivity contribution is 0.182. The molecule has 1 aromatic carbocycles. The molecule has 28 heavy (non-hydrogen) atoms. The van der Waals surface area contributed by atoms with Gasteiger partial charge in [-0.2, -0.15) is 0 Å². The third-order valence-corrected chi connectivity index (χ3v) is 4.10. The quantitative estimate of drug-likeness (QED) is 0.290. The van der Waals surface area contributed by atoms with Gasteiger partial charge in [0.15, 0.2) is 5.96 Å². The van der Waals surface area contributed by atoms with Crippen molar-refractivity contribution in [2.24, 2.45) is 4.99 Å². The van der Waals surface area contributed by atoms with Crippen LogP contribution in [0.5, 0.6) is 11.5 Å². The molecule has 0 radical (unpaired) electrons. The number of aryl methyl sites for hydroxylation is 1. The second-order valence-corrected chi connectivity index (χ2v) is 6.16. The summed E-state index contributed by atoms with van der Waals surface area (Å²) in [6.07, 6.45) is -0.827. The number of aliphatic hydroxyl groups excluding tert-OH is 1. The van der Waals surface area contributed by atoms with Crippen LogP contribution >= 0.6 is 24.0 Å². The lowest BCUT2D eigenvalue weighted by atomic mass is 10.1. The number of hydrogen-bond acceptors (Lipinski definition) is 5. The summed E-state index contributed by atoms with van der Waals surface area (Å²) in [4.78, 5) is 4.50. The van der Waals surface area contributed by atoms with Crippen molar-refractivity contribution < 1.29 is 19.0 Å². The summed E-state index contributed by atoms with van der Waals surface area (Å²) in [6, 6.07) is 9.12. The van der Waals surface area contributed by atoms with E-state index in [0.717, 1.165) is 11.5 Å². The van der Waals surface area contributed by atoms with Crippen LogP contribution in [0, 0.1) is 6.92 Å². The summed E-state index contributed by atoms with van der Waals surface area (Å²) in [5.74, 6) is 3.53. The lowest BCUT2D eigenvalue weighted by Gasteiger charge is -2.18. The number of methoxy groups -OCH3 is 2. The van der Waals surface area contributed by atoms with Crippen molar-refractivity contribution in [1.82, 2.24) is 10.6 Å². The van der Waals surface area contributed by atoms with Crippen LogP contribution < -0.4 is 20.1 Å². The summed E-state index contributed by atoms with van der Waals surface area (Å²) in [6.45, 7) is 6.76. The molecule has 0 spiro atoms. The van der Waals surface area contributed by atoms with Crippen molar-refractivity contribution in [3.8, 4) is 11.5 Å². The Morgan fingerprint density at radius 1 is 1.21 bits per heavy atom. The summed E-state index contributed by atoms with van der Waals surface area (Å²) in [7, 11) is 3.15. The highest BCUT2D eigenvalue weighted by Crippen LogP contribution is 2.29. The average molecular weight is 503 g/mol. The third-order valence-electron chi connectivity index (χ3n) is 4.10. The van der Waals surface area contributed by atoms with Crippen LogP contribution in [0.4, 0.5) is 0 Å². The van der Waals surface area contributed by atoms with Crippen LogP contribution in [0.25, 0.3) is 0 Å². The van der Waals surface area contributed by atoms with Gasteiger partial charge in [0.2, 0.25) is 0 Å². The SMILES string of the molecule is CCNC(=NCC(O)c1cc(OC)ccc1OC)NC(C)c1ccc(C)o1.I. The molecule has 0 aliphatic heterocycles. The third kappa shape index (κ3) is 6.59. The van der Waals surface area contributed by atoms with Crippen LogP contribution in [-0.4, -0.2) is 38.4 Å². The number of nitrogens with one attached hydrogen (secondary N) is 2. The molecular weight excluding hydrogens is 473 g/mol. The molecule has 0 aliphatic rings. The van der Waals surface area contributed by atoms with Crippen LogP contribution in [0.15, 0.2) is 39.7 Å². The number of aliphatic imine (C=N–C) groups is 1. The Kier molecular flexibility index (Phi) is 10.2. The Hall–Kier alpha value is -1.94. The van der Waals surface area contributed by atoms with Gasteiger partial charge in [0.25, 0.3) is 0 Å². The van der Waals surface area contributed by atoms with E-state index in [1.807, 2.05) is 32.9 Å². The van der Waals surface area contributed by atoms with E-state index in [1.54, 1.807) is 32.4 Å². The summed E-state index contributed by atoms with van der Waals surface area (Å²) in [5, 5.41) is 17.1. The first-order valence-corrected chi connectivity index (χ1v) is 8.99. The highest BCUT2D eigenvalue weighted by atomic mass is 127. The van der Waals surface area contributed by atoms with E-state index in [9.17, 15) is 5.11 Å². The fourth-order valence-electron chi connectivity index (χ4n) is 2.66. The lowest BCUT2D eigenvalue weighted by Crippen LogP contribution is -2.39. The van der Waals surface area contributed by atoms with Crippen molar-refractivity contribution in [2.45, 2.75) is 32.9 Å². The zero-order valence-electron chi connectivity index (χ0n) is 17.0. The maximum Gasteiger partial charge on any atom is 0.191 e. The van der Waals surface area contributed by atoms with Gasteiger partial charge in [-0.05, 0) is 51.1 Å². The maximum atomic E-state index is 10.6. The molecule has 0 aliphatic carbocycles. The van der Waals surface area contributed by atoms with E-state index in [2.05, 4.69) is 15.6 Å². The highest BCUT2D eigenvalue weighted by molar-refractivity contribution is 14.0. The minimum Gasteiger partial charge on any atom is -0.497 e. The zero-order valence-corrected chi connectivity index (χ0v) is 19.3. The van der Waals surface area contributed by atoms with Crippen LogP contribution in [0.3, 0.4) is 0 Å². The van der Waals surface area contributed by atoms with Gasteiger partial charge in [0.1, 0.15) is 29.1 Å². The molecular formula is C20H30IN3O4. The van der Waals surface area contributed by atoms with Crippen molar-refractivity contribution in [1.29, 1.82) is 0 Å². The minimum atomic E-state index is -0.827. The molecule has 0 saturated carbocycles. The number of nitrogens with zero attached hydrogens (tertiary/aromatic N) is 1. The molecule has 0 amide bonds. The highest BCUT2D eigenvalue weighted by Gasteiger charge is 2.16. The van der Waals surface area contributed by atoms with Gasteiger partial charge in [0, 0.05) is 12.1 Å². The number of aliphatic hydroxyl groups is 1. The van der Waals surface area contributed by atoms with Crippen LogP contribution in [0.1, 0.15) is 43.1 Å². The number of guanidine groups is 1. The summed E-state index contributed by atoms with van der Waals surface area (Å²) < 4.78 is 16.2. The first-order valence-electron chi connectivity index (χ1n) is 8.99. The van der Waals surface area contributed by atoms with Crippen molar-refractivity contribution in [2.75, 3.05) is 27.3 Å². The second kappa shape index (κ2) is 11.8. The molecule has 7 nitrogen and oxygen atoms in total. The molecule has 2 unspecified atom stereocenters. The Balaban J connectivity index is 0.00000392. The number of benzene rings is 1.